The Morgan fingerprint density at radius 2 is 1.14 bits per heavy atom. The molecule has 3 heterocycles. The predicted octanol–water partition coefficient (Wildman–Crippen LogP) is 8.05. The fraction of sp³-hybridized carbons (Fsp3) is 0.0256. The van der Waals surface area contributed by atoms with Crippen LogP contribution in [0.25, 0.3) is 33.8 Å². The Bertz CT molecular complexity index is 1880. The summed E-state index contributed by atoms with van der Waals surface area (Å²) in [5.41, 5.74) is 8.74. The zero-order valence-corrected chi connectivity index (χ0v) is 26.0. The monoisotopic (exact) mass is 742 g/mol. The molecule has 7 aromatic rings. The number of pyridine rings is 2. The normalized spacial score (nSPS) is 14.3. The standard InChI is InChI=1S/C29H18N2.C10H7N2.Ir/c1-2-11-21(12-3-1)26-17-10-19-28(31-26)29(27-18-8-9-20-30-27)24-15-6-4-13-22(24)23-14-5-7-16-25(23)29;1-2-5-9(6-3-1)10-11-7-4-8-12-10;/h1-11,13-15,17-20H;1-5,7-8H;/q-2;-1;+3/t29-;;/m0../s1. The molecule has 0 saturated carbocycles. The SMILES string of the molecule is [Ir+3].[c-]1ccccc1-c1cccc([C@]2(c3ccccn3)c3[c-]cccc3-c3ccccc32)n1.[c-]1ccccc1-c1ncccn1. The van der Waals surface area contributed by atoms with Gasteiger partial charge in [0.1, 0.15) is 0 Å². The maximum atomic E-state index is 5.18. The minimum Gasteiger partial charge on any atom is -0.300 e. The molecule has 0 spiro atoms. The summed E-state index contributed by atoms with van der Waals surface area (Å²) in [4.78, 5) is 18.2. The fourth-order valence-electron chi connectivity index (χ4n) is 5.72. The van der Waals surface area contributed by atoms with Crippen LogP contribution in [0.3, 0.4) is 0 Å². The van der Waals surface area contributed by atoms with E-state index >= 15 is 0 Å². The Morgan fingerprint density at radius 1 is 0.477 bits per heavy atom. The largest absolute Gasteiger partial charge is 3.00 e. The Hall–Kier alpha value is -5.09. The first kappa shape index (κ1) is 29.0. The van der Waals surface area contributed by atoms with Gasteiger partial charge in [0, 0.05) is 24.3 Å². The molecule has 0 aliphatic heterocycles. The Balaban J connectivity index is 0.000000222. The molecule has 1 aliphatic rings. The third-order valence-electron chi connectivity index (χ3n) is 7.54. The molecular weight excluding hydrogens is 717 g/mol. The second-order valence-electron chi connectivity index (χ2n) is 10.0. The van der Waals surface area contributed by atoms with E-state index in [1.54, 1.807) is 18.5 Å². The molecule has 210 valence electrons. The van der Waals surface area contributed by atoms with Crippen molar-refractivity contribution in [3.63, 3.8) is 0 Å². The van der Waals surface area contributed by atoms with Crippen LogP contribution in [0.1, 0.15) is 22.5 Å². The van der Waals surface area contributed by atoms with Crippen molar-refractivity contribution in [3.8, 4) is 33.8 Å². The minimum atomic E-state index is -0.626. The second-order valence-corrected chi connectivity index (χ2v) is 10.0. The molecule has 3 aromatic heterocycles. The summed E-state index contributed by atoms with van der Waals surface area (Å²) in [6.07, 6.45) is 5.31. The first-order valence-electron chi connectivity index (χ1n) is 14.1. The number of hydrogen-bond acceptors (Lipinski definition) is 4. The molecular formula is C39H25IrN4. The smallest absolute Gasteiger partial charge is 0.300 e. The van der Waals surface area contributed by atoms with Gasteiger partial charge < -0.3 is 0 Å². The number of benzene rings is 4. The van der Waals surface area contributed by atoms with Crippen LogP contribution in [0.5, 0.6) is 0 Å². The summed E-state index contributed by atoms with van der Waals surface area (Å²) in [6.45, 7) is 0. The van der Waals surface area contributed by atoms with E-state index < -0.39 is 5.41 Å². The molecule has 0 fully saturated rings. The van der Waals surface area contributed by atoms with E-state index in [0.29, 0.717) is 0 Å². The van der Waals surface area contributed by atoms with Gasteiger partial charge in [-0.05, 0) is 35.5 Å². The molecule has 8 rings (SSSR count). The summed E-state index contributed by atoms with van der Waals surface area (Å²) in [7, 11) is 0. The van der Waals surface area contributed by atoms with Crippen molar-refractivity contribution in [2.75, 3.05) is 0 Å². The van der Waals surface area contributed by atoms with Gasteiger partial charge in [0.15, 0.2) is 0 Å². The first-order valence-corrected chi connectivity index (χ1v) is 14.1. The summed E-state index contributed by atoms with van der Waals surface area (Å²) < 4.78 is 0. The molecule has 0 radical (unpaired) electrons. The van der Waals surface area contributed by atoms with Gasteiger partial charge in [-0.3, -0.25) is 19.9 Å². The third-order valence-corrected chi connectivity index (χ3v) is 7.54. The predicted molar refractivity (Wildman–Crippen MR) is 169 cm³/mol. The molecule has 0 unspecified atom stereocenters. The quantitative estimate of drug-likeness (QED) is 0.172. The van der Waals surface area contributed by atoms with E-state index in [1.807, 2.05) is 85.1 Å². The average Bonchev–Trinajstić information content (AvgIpc) is 3.41. The molecule has 0 saturated heterocycles. The van der Waals surface area contributed by atoms with E-state index in [1.165, 1.54) is 16.7 Å². The van der Waals surface area contributed by atoms with E-state index in [9.17, 15) is 0 Å². The topological polar surface area (TPSA) is 51.6 Å². The van der Waals surface area contributed by atoms with Gasteiger partial charge in [-0.2, -0.15) is 24.3 Å². The minimum absolute atomic E-state index is 0. The molecule has 1 aliphatic carbocycles. The van der Waals surface area contributed by atoms with Crippen LogP contribution >= 0.6 is 0 Å². The van der Waals surface area contributed by atoms with Crippen molar-refractivity contribution in [2.45, 2.75) is 5.41 Å². The van der Waals surface area contributed by atoms with Gasteiger partial charge in [0.05, 0.1) is 16.9 Å². The van der Waals surface area contributed by atoms with Gasteiger partial charge in [-0.25, -0.2) is 0 Å². The Labute approximate surface area is 270 Å². The van der Waals surface area contributed by atoms with Crippen molar-refractivity contribution in [1.82, 2.24) is 19.9 Å². The zero-order chi connectivity index (χ0) is 28.9. The van der Waals surface area contributed by atoms with Crippen molar-refractivity contribution >= 4 is 0 Å². The van der Waals surface area contributed by atoms with E-state index in [4.69, 9.17) is 9.97 Å². The maximum absolute atomic E-state index is 5.18. The molecule has 0 N–H and O–H groups in total. The van der Waals surface area contributed by atoms with Gasteiger partial charge in [-0.15, -0.1) is 82.9 Å². The Kier molecular flexibility index (Phi) is 8.60. The summed E-state index contributed by atoms with van der Waals surface area (Å²) in [5.74, 6) is 0.720. The van der Waals surface area contributed by atoms with Gasteiger partial charge >= 0.3 is 20.1 Å². The first-order chi connectivity index (χ1) is 21.4. The fourth-order valence-corrected chi connectivity index (χ4v) is 5.72. The van der Waals surface area contributed by atoms with Crippen molar-refractivity contribution in [1.29, 1.82) is 0 Å². The van der Waals surface area contributed by atoms with Gasteiger partial charge in [0.25, 0.3) is 0 Å². The van der Waals surface area contributed by atoms with Crippen molar-refractivity contribution in [3.05, 3.63) is 193 Å². The number of hydrogen-bond donors (Lipinski definition) is 0. The molecule has 44 heavy (non-hydrogen) atoms. The third kappa shape index (κ3) is 5.28. The molecule has 0 bridgehead atoms. The van der Waals surface area contributed by atoms with E-state index in [-0.39, 0.29) is 20.1 Å². The molecule has 5 heteroatoms. The average molecular weight is 742 g/mol. The number of aromatic nitrogens is 4. The van der Waals surface area contributed by atoms with Crippen LogP contribution in [0.4, 0.5) is 0 Å². The summed E-state index contributed by atoms with van der Waals surface area (Å²) >= 11 is 0. The number of nitrogens with zero attached hydrogens (tertiary/aromatic N) is 4. The van der Waals surface area contributed by atoms with Gasteiger partial charge in [-0.1, -0.05) is 48.0 Å². The van der Waals surface area contributed by atoms with Crippen LogP contribution in [0, 0.1) is 18.2 Å². The molecule has 1 atom stereocenters. The molecule has 0 amide bonds. The molecule has 4 nitrogen and oxygen atoms in total. The second kappa shape index (κ2) is 13.0. The number of fused-ring (bicyclic) bond motifs is 3. The van der Waals surface area contributed by atoms with E-state index in [2.05, 4.69) is 76.7 Å². The van der Waals surface area contributed by atoms with Crippen LogP contribution in [-0.2, 0) is 25.5 Å². The van der Waals surface area contributed by atoms with Crippen LogP contribution in [0.2, 0.25) is 0 Å². The van der Waals surface area contributed by atoms with Gasteiger partial charge in [0.2, 0.25) is 0 Å². The van der Waals surface area contributed by atoms with Crippen molar-refractivity contribution < 1.29 is 20.1 Å². The summed E-state index contributed by atoms with van der Waals surface area (Å²) in [6, 6.07) is 54.4. The van der Waals surface area contributed by atoms with Crippen LogP contribution < -0.4 is 0 Å². The maximum Gasteiger partial charge on any atom is 3.00 e. The van der Waals surface area contributed by atoms with Crippen LogP contribution in [-0.4, -0.2) is 19.9 Å². The molecule has 4 aromatic carbocycles. The van der Waals surface area contributed by atoms with Crippen molar-refractivity contribution in [2.24, 2.45) is 0 Å². The zero-order valence-electron chi connectivity index (χ0n) is 23.6. The van der Waals surface area contributed by atoms with Crippen LogP contribution in [0.15, 0.2) is 152 Å². The summed E-state index contributed by atoms with van der Waals surface area (Å²) in [5, 5.41) is 0. The Morgan fingerprint density at radius 3 is 1.89 bits per heavy atom. The van der Waals surface area contributed by atoms with E-state index in [0.717, 1.165) is 39.6 Å². The number of rotatable bonds is 4.